The SMILES string of the molecule is CCCCNC(=O)N[C@@H](CCCCNC(=O)NCc1ccc(CC(=O)N[C@@H](CC(=O)O)C(=O)C[C@@H](CC(=O)O)C(=O)N[C@@H](CSSCCOC(=O)CNC(=O)[C@@H](C)C[C@H](Cc2ccc(O)cc2)NC(=O)c2csc([C@H](C)C[C@H](C(C)C)N(COC(=O)CCC)C(=O)[C@@H](CC(=O)[C@H]3CCCCN3C)C(C)CC)n2)C(=O)O)cc1)C(=O)O. The molecular weight excluding hydrogens is 1550 g/mol. The Bertz CT molecular complexity index is 3700. The predicted octanol–water partition coefficient (Wildman–Crippen LogP) is 7.35. The summed E-state index contributed by atoms with van der Waals surface area (Å²) in [5, 5.41) is 71.6. The Hall–Kier alpha value is -9.42. The van der Waals surface area contributed by atoms with Gasteiger partial charge >= 0.3 is 47.9 Å². The van der Waals surface area contributed by atoms with Gasteiger partial charge in [0.05, 0.1) is 42.3 Å². The van der Waals surface area contributed by atoms with Crippen LogP contribution in [-0.2, 0) is 86.4 Å². The van der Waals surface area contributed by atoms with Crippen LogP contribution in [0.5, 0.6) is 5.75 Å². The number of Topliss-reactive ketones (excluding diaryl/α,β-unsaturated/α-hetero) is 2. The highest BCUT2D eigenvalue weighted by Gasteiger charge is 2.40. The molecule has 4 rings (SSSR count). The Balaban J connectivity index is 1.27. The van der Waals surface area contributed by atoms with E-state index >= 15 is 0 Å². The minimum Gasteiger partial charge on any atom is -0.508 e. The summed E-state index contributed by atoms with van der Waals surface area (Å²) < 4.78 is 11.0. The molecule has 0 bridgehead atoms. The summed E-state index contributed by atoms with van der Waals surface area (Å²) in [6, 6.07) is 5.71. The molecule has 1 saturated heterocycles. The number of hydrogen-bond acceptors (Lipinski definition) is 23. The van der Waals surface area contributed by atoms with Crippen LogP contribution in [0.2, 0.25) is 0 Å². The van der Waals surface area contributed by atoms with Gasteiger partial charge in [0.25, 0.3) is 5.91 Å². The minimum absolute atomic E-state index is 0.0197. The van der Waals surface area contributed by atoms with Crippen molar-refractivity contribution in [1.29, 1.82) is 0 Å². The lowest BCUT2D eigenvalue weighted by Crippen LogP contribution is -2.50. The molecule has 9 amide bonds. The quantitative estimate of drug-likeness (QED) is 0.0114. The number of unbranched alkanes of at least 4 members (excludes halogenated alkanes) is 2. The van der Waals surface area contributed by atoms with Crippen LogP contribution in [-0.4, -0.2) is 224 Å². The number of likely N-dealkylation sites (tertiary alicyclic amines) is 1. The van der Waals surface area contributed by atoms with E-state index in [4.69, 9.17) is 14.5 Å². The number of nitrogens with zero attached hydrogens (tertiary/aromatic N) is 3. The number of aromatic hydroxyl groups is 1. The first-order valence-corrected chi connectivity index (χ1v) is 42.6. The van der Waals surface area contributed by atoms with Crippen LogP contribution >= 0.6 is 32.9 Å². The predicted molar refractivity (Wildman–Crippen MR) is 431 cm³/mol. The van der Waals surface area contributed by atoms with Gasteiger partial charge < -0.3 is 82.4 Å². The molecule has 3 aromatic rings. The number of piperidine rings is 1. The zero-order chi connectivity index (χ0) is 85.3. The van der Waals surface area contributed by atoms with Crippen molar-refractivity contribution in [3.8, 4) is 5.75 Å². The molecule has 13 N–H and O–H groups in total. The Morgan fingerprint density at radius 3 is 1.96 bits per heavy atom. The number of rotatable bonds is 55. The molecule has 33 nitrogen and oxygen atoms in total. The average molecular weight is 1670 g/mol. The summed E-state index contributed by atoms with van der Waals surface area (Å²) in [7, 11) is 3.93. The summed E-state index contributed by atoms with van der Waals surface area (Å²) in [6.07, 6.45) is 4.20. The molecular formula is C79H117N11O22S3. The van der Waals surface area contributed by atoms with Crippen LogP contribution in [0.4, 0.5) is 9.59 Å². The van der Waals surface area contributed by atoms with Crippen molar-refractivity contribution in [2.24, 2.45) is 29.6 Å². The summed E-state index contributed by atoms with van der Waals surface area (Å²) in [5.41, 5.74) is 1.88. The molecule has 2 heterocycles. The molecule has 1 unspecified atom stereocenters. The standard InChI is InChI=1S/C79H117N11O22S3/c1-10-13-29-81-79(110)88-58(76(105)106)19-14-16-30-80-78(109)83-42-53-23-21-52(22-24-53)37-66(94)85-59(41-68(97)98)64(92)38-54(39-67(95)96)72(102)86-61(77(107)108)45-115-114-33-32-111-70(100)43-82-71(101)49(7)34-55(36-51-25-27-56(91)28-26-51)84-73(103)60-44-113-74(87-60)50(8)35-63(47(4)5)90(46-112-69(99)18-11-2)75(104)57(48(6)12-3)40-65(93)62-20-15-17-31-89(62)9/h21-28,44,47-50,54-55,57-59,61-63,91H,10-20,29-43,45-46H2,1-9H3,(H,82,101)(H,84,103)(H,85,94)(H,86,102)(H,95,96)(H,97,98)(H,105,106)(H,107,108)(H2,80,83,109)(H2,81,88,110)/t48?,49-,50+,54-,55+,57-,58-,59-,61-,62+,63+/m0/s1. The lowest BCUT2D eigenvalue weighted by Gasteiger charge is -2.39. The van der Waals surface area contributed by atoms with Gasteiger partial charge in [0.2, 0.25) is 23.6 Å². The number of ketones is 2. The number of aromatic nitrogens is 1. The molecule has 638 valence electrons. The first-order chi connectivity index (χ1) is 54.6. The van der Waals surface area contributed by atoms with Gasteiger partial charge in [-0.2, -0.15) is 0 Å². The molecule has 0 spiro atoms. The molecule has 1 aromatic heterocycles. The number of phenolic OH excluding ortho intramolecular Hbond substituents is 1. The zero-order valence-electron chi connectivity index (χ0n) is 67.2. The molecule has 115 heavy (non-hydrogen) atoms. The lowest BCUT2D eigenvalue weighted by molar-refractivity contribution is -0.160. The van der Waals surface area contributed by atoms with E-state index in [2.05, 4.69) is 47.4 Å². The van der Waals surface area contributed by atoms with Crippen molar-refractivity contribution in [1.82, 2.24) is 57.3 Å². The second-order valence-corrected chi connectivity index (χ2v) is 32.9. The number of urea groups is 2. The third kappa shape index (κ3) is 36.9. The van der Waals surface area contributed by atoms with Crippen LogP contribution in [0.1, 0.15) is 203 Å². The number of aliphatic carboxylic acids is 4. The minimum atomic E-state index is -1.72. The van der Waals surface area contributed by atoms with Gasteiger partial charge in [-0.15, -0.1) is 11.3 Å². The highest BCUT2D eigenvalue weighted by atomic mass is 33.1. The van der Waals surface area contributed by atoms with Crippen molar-refractivity contribution >= 4 is 122 Å². The van der Waals surface area contributed by atoms with Crippen LogP contribution in [0, 0.1) is 29.6 Å². The van der Waals surface area contributed by atoms with Crippen molar-refractivity contribution in [3.05, 3.63) is 81.3 Å². The lowest BCUT2D eigenvalue weighted by atomic mass is 9.82. The Morgan fingerprint density at radius 2 is 1.32 bits per heavy atom. The van der Waals surface area contributed by atoms with Crippen molar-refractivity contribution in [2.75, 3.05) is 58.1 Å². The Morgan fingerprint density at radius 1 is 0.661 bits per heavy atom. The summed E-state index contributed by atoms with van der Waals surface area (Å²) in [6.45, 7) is 15.8. The number of carboxylic acid groups (broad SMARTS) is 4. The van der Waals surface area contributed by atoms with Gasteiger partial charge in [-0.3, -0.25) is 57.6 Å². The highest BCUT2D eigenvalue weighted by molar-refractivity contribution is 8.76. The van der Waals surface area contributed by atoms with Gasteiger partial charge in [-0.1, -0.05) is 133 Å². The third-order valence-electron chi connectivity index (χ3n) is 19.7. The molecule has 0 radical (unpaired) electrons. The maximum Gasteiger partial charge on any atom is 0.327 e. The number of carboxylic acids is 4. The Labute approximate surface area is 683 Å². The van der Waals surface area contributed by atoms with Crippen molar-refractivity contribution < 1.29 is 107 Å². The van der Waals surface area contributed by atoms with Gasteiger partial charge in [-0.25, -0.2) is 24.2 Å². The molecule has 2 aromatic carbocycles. The van der Waals surface area contributed by atoms with Crippen molar-refractivity contribution in [3.63, 3.8) is 0 Å². The number of ether oxygens (including phenoxy) is 2. The molecule has 1 aliphatic rings. The molecule has 1 fully saturated rings. The largest absolute Gasteiger partial charge is 0.508 e. The fourth-order valence-corrected chi connectivity index (χ4v) is 15.7. The number of esters is 2. The molecule has 1 aliphatic heterocycles. The van der Waals surface area contributed by atoms with Crippen LogP contribution in [0.25, 0.3) is 0 Å². The van der Waals surface area contributed by atoms with E-state index in [1.165, 1.54) is 23.5 Å². The monoisotopic (exact) mass is 1670 g/mol. The van der Waals surface area contributed by atoms with E-state index in [0.717, 1.165) is 65.8 Å². The van der Waals surface area contributed by atoms with E-state index in [1.54, 1.807) is 53.6 Å². The number of benzene rings is 2. The molecule has 0 aliphatic carbocycles. The first-order valence-electron chi connectivity index (χ1n) is 39.2. The second kappa shape index (κ2) is 52.2. The number of carbonyl (C=O) groups is 15. The average Bonchev–Trinajstić information content (AvgIpc) is 1.79. The number of phenols is 1. The van der Waals surface area contributed by atoms with Gasteiger partial charge in [-0.05, 0) is 118 Å². The highest BCUT2D eigenvalue weighted by Crippen LogP contribution is 2.33. The molecule has 0 saturated carbocycles. The Kier molecular flexibility index (Phi) is 44.5. The van der Waals surface area contributed by atoms with E-state index < -0.39 is 151 Å². The number of carbonyl (C=O) groups excluding carboxylic acids is 11. The van der Waals surface area contributed by atoms with E-state index in [-0.39, 0.29) is 123 Å². The summed E-state index contributed by atoms with van der Waals surface area (Å²) >= 11 is 1.27. The van der Waals surface area contributed by atoms with E-state index in [0.29, 0.717) is 54.8 Å². The fourth-order valence-electron chi connectivity index (χ4n) is 12.8. The van der Waals surface area contributed by atoms with Gasteiger partial charge in [0, 0.05) is 85.6 Å². The van der Waals surface area contributed by atoms with Crippen molar-refractivity contribution in [2.45, 2.75) is 226 Å². The maximum atomic E-state index is 15.0. The third-order valence-corrected chi connectivity index (χ3v) is 23.1. The second-order valence-electron chi connectivity index (χ2n) is 29.4. The first kappa shape index (κ1) is 97.9. The summed E-state index contributed by atoms with van der Waals surface area (Å²) in [5.74, 6) is -15.2. The maximum absolute atomic E-state index is 15.0. The normalized spacial score (nSPS) is 15.4. The molecule has 11 atom stereocenters. The van der Waals surface area contributed by atoms with E-state index in [1.807, 2.05) is 55.5 Å². The number of nitrogens with one attached hydrogen (secondary N) is 8. The number of amides is 9. The molecule has 36 heteroatoms. The van der Waals surface area contributed by atoms with Crippen LogP contribution in [0.15, 0.2) is 53.9 Å². The van der Waals surface area contributed by atoms with E-state index in [9.17, 15) is 97.5 Å². The van der Waals surface area contributed by atoms with Gasteiger partial charge in [0.1, 0.15) is 36.7 Å². The number of likely N-dealkylation sites (N-methyl/N-ethyl adjacent to an activating group) is 1. The number of hydrogen-bond donors (Lipinski definition) is 13. The summed E-state index contributed by atoms with van der Waals surface area (Å²) in [4.78, 5) is 203. The van der Waals surface area contributed by atoms with Gasteiger partial charge in [0.15, 0.2) is 18.3 Å². The smallest absolute Gasteiger partial charge is 0.327 e. The zero-order valence-corrected chi connectivity index (χ0v) is 69.6. The number of thiazole rings is 1. The fraction of sp³-hybridized carbons (Fsp3) is 0.620. The van der Waals surface area contributed by atoms with Crippen LogP contribution in [0.3, 0.4) is 0 Å². The topological polar surface area (TPSA) is 491 Å². The van der Waals surface area contributed by atoms with Crippen LogP contribution < -0.4 is 42.5 Å².